The lowest BCUT2D eigenvalue weighted by atomic mass is 10.1. The van der Waals surface area contributed by atoms with E-state index in [9.17, 15) is 4.39 Å². The molecule has 20 heavy (non-hydrogen) atoms. The zero-order valence-corrected chi connectivity index (χ0v) is 12.0. The number of anilines is 1. The molecule has 0 bridgehead atoms. The van der Waals surface area contributed by atoms with E-state index < -0.39 is 5.82 Å². The minimum absolute atomic E-state index is 0. The van der Waals surface area contributed by atoms with Crippen molar-refractivity contribution >= 4 is 23.9 Å². The van der Waals surface area contributed by atoms with Gasteiger partial charge in [0.25, 0.3) is 0 Å². The Morgan fingerprint density at radius 2 is 1.80 bits per heavy atom. The van der Waals surface area contributed by atoms with Gasteiger partial charge in [0.2, 0.25) is 0 Å². The van der Waals surface area contributed by atoms with Crippen LogP contribution in [0.3, 0.4) is 0 Å². The molecule has 0 atom stereocenters. The van der Waals surface area contributed by atoms with Gasteiger partial charge in [0.15, 0.2) is 0 Å². The summed E-state index contributed by atoms with van der Waals surface area (Å²) in [6, 6.07) is 14.6. The minimum atomic E-state index is -0.468. The molecule has 0 saturated heterocycles. The second kappa shape index (κ2) is 6.91. The molecule has 0 aromatic heterocycles. The number of nitrogens with two attached hydrogens (primary N) is 1. The molecule has 0 spiro atoms. The van der Waals surface area contributed by atoms with Gasteiger partial charge in [-0.2, -0.15) is 0 Å². The standard InChI is InChI=1S/C15H16FN3.ClH/c1-19(10-11-6-3-2-4-7-11)13-9-5-8-12(16)14(13)15(17)18;/h2-9H,10H2,1H3,(H3,17,18);1H. The average Bonchev–Trinajstić information content (AvgIpc) is 2.39. The largest absolute Gasteiger partial charge is 0.384 e. The smallest absolute Gasteiger partial charge is 0.136 e. The topological polar surface area (TPSA) is 53.1 Å². The van der Waals surface area contributed by atoms with Crippen LogP contribution in [0.15, 0.2) is 48.5 Å². The number of amidine groups is 1. The van der Waals surface area contributed by atoms with Gasteiger partial charge in [-0.3, -0.25) is 5.41 Å². The Morgan fingerprint density at radius 3 is 2.40 bits per heavy atom. The molecule has 0 heterocycles. The molecule has 0 radical (unpaired) electrons. The maximum Gasteiger partial charge on any atom is 0.136 e. The van der Waals surface area contributed by atoms with E-state index in [1.807, 2.05) is 42.3 Å². The average molecular weight is 294 g/mol. The van der Waals surface area contributed by atoms with Gasteiger partial charge < -0.3 is 10.6 Å². The van der Waals surface area contributed by atoms with Gasteiger partial charge >= 0.3 is 0 Å². The second-order valence-electron chi connectivity index (χ2n) is 4.39. The van der Waals surface area contributed by atoms with Crippen LogP contribution in [0.2, 0.25) is 0 Å². The molecular formula is C15H17ClFN3. The molecule has 2 aromatic carbocycles. The van der Waals surface area contributed by atoms with Crippen molar-refractivity contribution in [2.24, 2.45) is 5.73 Å². The summed E-state index contributed by atoms with van der Waals surface area (Å²) in [6.45, 7) is 0.630. The van der Waals surface area contributed by atoms with E-state index in [1.54, 1.807) is 12.1 Å². The number of rotatable bonds is 4. The highest BCUT2D eigenvalue weighted by atomic mass is 35.5. The molecule has 0 aliphatic carbocycles. The van der Waals surface area contributed by atoms with Crippen LogP contribution < -0.4 is 10.6 Å². The summed E-state index contributed by atoms with van der Waals surface area (Å²) >= 11 is 0. The van der Waals surface area contributed by atoms with E-state index in [0.29, 0.717) is 12.2 Å². The van der Waals surface area contributed by atoms with Crippen LogP contribution in [0.5, 0.6) is 0 Å². The number of benzene rings is 2. The van der Waals surface area contributed by atoms with Crippen molar-refractivity contribution in [1.82, 2.24) is 0 Å². The highest BCUT2D eigenvalue weighted by Gasteiger charge is 2.14. The molecule has 3 N–H and O–H groups in total. The molecule has 0 unspecified atom stereocenters. The number of hydrogen-bond acceptors (Lipinski definition) is 2. The highest BCUT2D eigenvalue weighted by molar-refractivity contribution is 6.00. The van der Waals surface area contributed by atoms with Gasteiger partial charge in [0, 0.05) is 13.6 Å². The number of halogens is 2. The highest BCUT2D eigenvalue weighted by Crippen LogP contribution is 2.23. The van der Waals surface area contributed by atoms with E-state index in [4.69, 9.17) is 11.1 Å². The summed E-state index contributed by atoms with van der Waals surface area (Å²) < 4.78 is 13.8. The predicted molar refractivity (Wildman–Crippen MR) is 83.2 cm³/mol. The van der Waals surface area contributed by atoms with Gasteiger partial charge in [-0.05, 0) is 17.7 Å². The Kier molecular flexibility index (Phi) is 5.53. The summed E-state index contributed by atoms with van der Waals surface area (Å²) in [4.78, 5) is 1.88. The van der Waals surface area contributed by atoms with Gasteiger partial charge in [0.1, 0.15) is 11.7 Å². The molecule has 3 nitrogen and oxygen atoms in total. The number of nitrogens with zero attached hydrogens (tertiary/aromatic N) is 1. The van der Waals surface area contributed by atoms with Crippen molar-refractivity contribution in [3.05, 3.63) is 65.5 Å². The molecule has 0 saturated carbocycles. The quantitative estimate of drug-likeness (QED) is 0.672. The molecule has 2 rings (SSSR count). The van der Waals surface area contributed by atoms with Crippen molar-refractivity contribution in [1.29, 1.82) is 5.41 Å². The first-order valence-electron chi connectivity index (χ1n) is 5.97. The Balaban J connectivity index is 0.00000200. The Hall–Kier alpha value is -2.07. The van der Waals surface area contributed by atoms with E-state index in [0.717, 1.165) is 5.56 Å². The molecule has 0 amide bonds. The van der Waals surface area contributed by atoms with Gasteiger partial charge in [0.05, 0.1) is 11.3 Å². The SMILES string of the molecule is CN(Cc1ccccc1)c1cccc(F)c1C(=N)N.Cl. The molecule has 5 heteroatoms. The lowest BCUT2D eigenvalue weighted by Crippen LogP contribution is -2.23. The lowest BCUT2D eigenvalue weighted by Gasteiger charge is -2.22. The second-order valence-corrected chi connectivity index (χ2v) is 4.39. The summed E-state index contributed by atoms with van der Waals surface area (Å²) in [6.07, 6.45) is 0. The van der Waals surface area contributed by atoms with E-state index in [2.05, 4.69) is 0 Å². The van der Waals surface area contributed by atoms with Crippen molar-refractivity contribution in [2.45, 2.75) is 6.54 Å². The molecule has 0 fully saturated rings. The number of nitrogen functional groups attached to an aromatic ring is 1. The number of nitrogens with one attached hydrogen (secondary N) is 1. The maximum atomic E-state index is 13.8. The first kappa shape index (κ1) is 16.0. The van der Waals surface area contributed by atoms with Crippen LogP contribution in [-0.4, -0.2) is 12.9 Å². The summed E-state index contributed by atoms with van der Waals surface area (Å²) in [7, 11) is 1.86. The Morgan fingerprint density at radius 1 is 1.15 bits per heavy atom. The Bertz CT molecular complexity index is 587. The third-order valence-corrected chi connectivity index (χ3v) is 2.93. The zero-order valence-electron chi connectivity index (χ0n) is 11.1. The van der Waals surface area contributed by atoms with Crippen molar-refractivity contribution < 1.29 is 4.39 Å². The van der Waals surface area contributed by atoms with Crippen LogP contribution in [-0.2, 0) is 6.54 Å². The van der Waals surface area contributed by atoms with Gasteiger partial charge in [-0.1, -0.05) is 36.4 Å². The third kappa shape index (κ3) is 3.48. The monoisotopic (exact) mass is 293 g/mol. The van der Waals surface area contributed by atoms with Crippen LogP contribution >= 0.6 is 12.4 Å². The first-order chi connectivity index (χ1) is 9.09. The summed E-state index contributed by atoms with van der Waals surface area (Å²) in [5, 5.41) is 7.50. The van der Waals surface area contributed by atoms with Gasteiger partial charge in [-0.25, -0.2) is 4.39 Å². The van der Waals surface area contributed by atoms with Crippen LogP contribution in [0.25, 0.3) is 0 Å². The lowest BCUT2D eigenvalue weighted by molar-refractivity contribution is 0.624. The molecule has 0 aliphatic heterocycles. The summed E-state index contributed by atoms with van der Waals surface area (Å²) in [5.74, 6) is -0.724. The first-order valence-corrected chi connectivity index (χ1v) is 5.97. The maximum absolute atomic E-state index is 13.8. The zero-order chi connectivity index (χ0) is 13.8. The van der Waals surface area contributed by atoms with Crippen molar-refractivity contribution in [2.75, 3.05) is 11.9 Å². The van der Waals surface area contributed by atoms with Crippen LogP contribution in [0.4, 0.5) is 10.1 Å². The fourth-order valence-corrected chi connectivity index (χ4v) is 2.04. The fraction of sp³-hybridized carbons (Fsp3) is 0.133. The minimum Gasteiger partial charge on any atom is -0.384 e. The van der Waals surface area contributed by atoms with E-state index in [-0.39, 0.29) is 23.8 Å². The molecule has 106 valence electrons. The van der Waals surface area contributed by atoms with Crippen molar-refractivity contribution in [3.63, 3.8) is 0 Å². The Labute approximate surface area is 124 Å². The molecule has 2 aromatic rings. The summed E-state index contributed by atoms with van der Waals surface area (Å²) in [5.41, 5.74) is 7.35. The molecule has 0 aliphatic rings. The van der Waals surface area contributed by atoms with E-state index >= 15 is 0 Å². The number of hydrogen-bond donors (Lipinski definition) is 2. The molecular weight excluding hydrogens is 277 g/mol. The fourth-order valence-electron chi connectivity index (χ4n) is 2.04. The van der Waals surface area contributed by atoms with Crippen LogP contribution in [0, 0.1) is 11.2 Å². The third-order valence-electron chi connectivity index (χ3n) is 2.93. The van der Waals surface area contributed by atoms with Gasteiger partial charge in [-0.15, -0.1) is 12.4 Å². The van der Waals surface area contributed by atoms with E-state index in [1.165, 1.54) is 6.07 Å². The predicted octanol–water partition coefficient (Wildman–Crippen LogP) is 3.17. The van der Waals surface area contributed by atoms with Crippen molar-refractivity contribution in [3.8, 4) is 0 Å². The normalized spacial score (nSPS) is 9.70. The van der Waals surface area contributed by atoms with Crippen LogP contribution in [0.1, 0.15) is 11.1 Å².